The van der Waals surface area contributed by atoms with E-state index in [0.717, 1.165) is 24.8 Å². The molecule has 0 saturated heterocycles. The van der Waals surface area contributed by atoms with Crippen molar-refractivity contribution in [1.29, 1.82) is 0 Å². The van der Waals surface area contributed by atoms with E-state index in [1.165, 1.54) is 10.4 Å². The van der Waals surface area contributed by atoms with Crippen LogP contribution in [0.15, 0.2) is 5.38 Å². The van der Waals surface area contributed by atoms with Crippen molar-refractivity contribution in [2.45, 2.75) is 46.1 Å². The molecule has 0 aromatic carbocycles. The summed E-state index contributed by atoms with van der Waals surface area (Å²) in [6, 6.07) is -0.611. The summed E-state index contributed by atoms with van der Waals surface area (Å²) >= 11 is 1.65. The standard InChI is InChI=1S/C15H21NO3S/c1-4-19-15(18)10(3)16-14(17)12-8-20-13-7-9(2)5-6-11(12)13/h8-10H,4-7H2,1-3H3,(H,16,17). The number of ether oxygens (including phenoxy) is 1. The molecule has 1 aromatic heterocycles. The largest absolute Gasteiger partial charge is 0.464 e. The fourth-order valence-electron chi connectivity index (χ4n) is 2.47. The number of nitrogens with one attached hydrogen (secondary N) is 1. The van der Waals surface area contributed by atoms with Gasteiger partial charge in [0.1, 0.15) is 6.04 Å². The SMILES string of the molecule is CCOC(=O)C(C)NC(=O)c1csc2c1CCC(C)C2. The van der Waals surface area contributed by atoms with Gasteiger partial charge in [-0.3, -0.25) is 4.79 Å². The summed E-state index contributed by atoms with van der Waals surface area (Å²) in [5.41, 5.74) is 1.90. The third-order valence-electron chi connectivity index (χ3n) is 3.63. The Morgan fingerprint density at radius 3 is 3.00 bits per heavy atom. The summed E-state index contributed by atoms with van der Waals surface area (Å²) in [5, 5.41) is 4.63. The molecule has 0 bridgehead atoms. The number of amides is 1. The van der Waals surface area contributed by atoms with Gasteiger partial charge in [0.15, 0.2) is 0 Å². The summed E-state index contributed by atoms with van der Waals surface area (Å²) in [7, 11) is 0. The second-order valence-electron chi connectivity index (χ2n) is 5.35. The summed E-state index contributed by atoms with van der Waals surface area (Å²) in [6.45, 7) is 5.97. The van der Waals surface area contributed by atoms with Crippen molar-refractivity contribution in [3.05, 3.63) is 21.4 Å². The normalized spacial score (nSPS) is 19.1. The Bertz CT molecular complexity index is 509. The van der Waals surface area contributed by atoms with Gasteiger partial charge in [0, 0.05) is 10.3 Å². The maximum atomic E-state index is 12.3. The van der Waals surface area contributed by atoms with Gasteiger partial charge >= 0.3 is 5.97 Å². The average molecular weight is 295 g/mol. The van der Waals surface area contributed by atoms with Crippen molar-refractivity contribution >= 4 is 23.2 Å². The highest BCUT2D eigenvalue weighted by atomic mass is 32.1. The van der Waals surface area contributed by atoms with Crippen LogP contribution in [-0.4, -0.2) is 24.5 Å². The first kappa shape index (κ1) is 15.0. The number of thiophene rings is 1. The molecule has 0 spiro atoms. The van der Waals surface area contributed by atoms with Crippen molar-refractivity contribution in [2.75, 3.05) is 6.61 Å². The van der Waals surface area contributed by atoms with Gasteiger partial charge in [-0.15, -0.1) is 11.3 Å². The number of rotatable bonds is 4. The van der Waals surface area contributed by atoms with Crippen LogP contribution in [0.5, 0.6) is 0 Å². The topological polar surface area (TPSA) is 55.4 Å². The van der Waals surface area contributed by atoms with Crippen LogP contribution in [0.1, 0.15) is 48.0 Å². The molecule has 0 saturated carbocycles. The Hall–Kier alpha value is -1.36. The second-order valence-corrected chi connectivity index (χ2v) is 6.31. The summed E-state index contributed by atoms with van der Waals surface area (Å²) < 4.78 is 4.90. The van der Waals surface area contributed by atoms with Crippen molar-refractivity contribution < 1.29 is 14.3 Å². The van der Waals surface area contributed by atoms with Gasteiger partial charge in [-0.2, -0.15) is 0 Å². The number of carbonyl (C=O) groups is 2. The van der Waals surface area contributed by atoms with Gasteiger partial charge in [0.25, 0.3) is 5.91 Å². The van der Waals surface area contributed by atoms with E-state index < -0.39 is 12.0 Å². The molecule has 20 heavy (non-hydrogen) atoms. The minimum Gasteiger partial charge on any atom is -0.464 e. The number of hydrogen-bond acceptors (Lipinski definition) is 4. The lowest BCUT2D eigenvalue weighted by Crippen LogP contribution is -2.39. The van der Waals surface area contributed by atoms with E-state index in [9.17, 15) is 9.59 Å². The zero-order valence-corrected chi connectivity index (χ0v) is 13.0. The van der Waals surface area contributed by atoms with Crippen molar-refractivity contribution in [1.82, 2.24) is 5.32 Å². The highest BCUT2D eigenvalue weighted by Gasteiger charge is 2.25. The van der Waals surface area contributed by atoms with E-state index >= 15 is 0 Å². The summed E-state index contributed by atoms with van der Waals surface area (Å²) in [6.07, 6.45) is 3.13. The number of esters is 1. The maximum absolute atomic E-state index is 12.3. The van der Waals surface area contributed by atoms with E-state index in [2.05, 4.69) is 12.2 Å². The Kier molecular flexibility index (Phi) is 4.81. The first-order valence-corrected chi connectivity index (χ1v) is 7.97. The lowest BCUT2D eigenvalue weighted by atomic mass is 9.88. The van der Waals surface area contributed by atoms with E-state index in [-0.39, 0.29) is 5.91 Å². The molecule has 1 aromatic rings. The fourth-order valence-corrected chi connectivity index (χ4v) is 3.71. The molecule has 0 radical (unpaired) electrons. The Balaban J connectivity index is 2.05. The molecule has 2 unspecified atom stereocenters. The van der Waals surface area contributed by atoms with Gasteiger partial charge < -0.3 is 10.1 Å². The Morgan fingerprint density at radius 1 is 1.55 bits per heavy atom. The van der Waals surface area contributed by atoms with E-state index in [1.807, 2.05) is 5.38 Å². The number of fused-ring (bicyclic) bond motifs is 1. The fraction of sp³-hybridized carbons (Fsp3) is 0.600. The third kappa shape index (κ3) is 3.20. The Morgan fingerprint density at radius 2 is 2.30 bits per heavy atom. The summed E-state index contributed by atoms with van der Waals surface area (Å²) in [4.78, 5) is 25.1. The average Bonchev–Trinajstić information content (AvgIpc) is 2.81. The van der Waals surface area contributed by atoms with E-state index in [1.54, 1.807) is 25.2 Å². The first-order valence-electron chi connectivity index (χ1n) is 7.09. The minimum atomic E-state index is -0.611. The lowest BCUT2D eigenvalue weighted by Gasteiger charge is -2.19. The monoisotopic (exact) mass is 295 g/mol. The molecule has 1 heterocycles. The highest BCUT2D eigenvalue weighted by Crippen LogP contribution is 2.32. The third-order valence-corrected chi connectivity index (χ3v) is 4.69. The van der Waals surface area contributed by atoms with Crippen LogP contribution in [-0.2, 0) is 22.4 Å². The van der Waals surface area contributed by atoms with Crippen LogP contribution in [0.4, 0.5) is 0 Å². The smallest absolute Gasteiger partial charge is 0.328 e. The molecule has 0 aliphatic heterocycles. The van der Waals surface area contributed by atoms with Gasteiger partial charge in [-0.05, 0) is 44.6 Å². The molecular weight excluding hydrogens is 274 g/mol. The molecule has 1 aliphatic carbocycles. The minimum absolute atomic E-state index is 0.169. The lowest BCUT2D eigenvalue weighted by molar-refractivity contribution is -0.144. The first-order chi connectivity index (χ1) is 9.52. The van der Waals surface area contributed by atoms with Crippen molar-refractivity contribution in [3.63, 3.8) is 0 Å². The van der Waals surface area contributed by atoms with Crippen LogP contribution in [0, 0.1) is 5.92 Å². The van der Waals surface area contributed by atoms with Gasteiger partial charge in [-0.25, -0.2) is 4.79 Å². The van der Waals surface area contributed by atoms with Crippen LogP contribution in [0.3, 0.4) is 0 Å². The quantitative estimate of drug-likeness (QED) is 0.869. The number of carbonyl (C=O) groups excluding carboxylic acids is 2. The second kappa shape index (κ2) is 6.39. The van der Waals surface area contributed by atoms with Gasteiger partial charge in [-0.1, -0.05) is 6.92 Å². The van der Waals surface area contributed by atoms with Crippen LogP contribution >= 0.6 is 11.3 Å². The number of hydrogen-bond donors (Lipinski definition) is 1. The summed E-state index contributed by atoms with van der Waals surface area (Å²) in [5.74, 6) is 0.131. The van der Waals surface area contributed by atoms with Gasteiger partial charge in [0.2, 0.25) is 0 Å². The van der Waals surface area contributed by atoms with E-state index in [4.69, 9.17) is 4.74 Å². The molecule has 1 amide bonds. The molecule has 0 fully saturated rings. The molecule has 1 aliphatic rings. The molecule has 4 nitrogen and oxygen atoms in total. The zero-order chi connectivity index (χ0) is 14.7. The molecule has 110 valence electrons. The van der Waals surface area contributed by atoms with Crippen LogP contribution in [0.25, 0.3) is 0 Å². The molecule has 5 heteroatoms. The van der Waals surface area contributed by atoms with Crippen LogP contribution < -0.4 is 5.32 Å². The van der Waals surface area contributed by atoms with Crippen molar-refractivity contribution in [2.24, 2.45) is 5.92 Å². The molecule has 1 N–H and O–H groups in total. The van der Waals surface area contributed by atoms with Gasteiger partial charge in [0.05, 0.1) is 12.2 Å². The Labute approximate surface area is 123 Å². The highest BCUT2D eigenvalue weighted by molar-refractivity contribution is 7.10. The van der Waals surface area contributed by atoms with Crippen molar-refractivity contribution in [3.8, 4) is 0 Å². The maximum Gasteiger partial charge on any atom is 0.328 e. The zero-order valence-electron chi connectivity index (χ0n) is 12.2. The van der Waals surface area contributed by atoms with Crippen LogP contribution in [0.2, 0.25) is 0 Å². The molecular formula is C15H21NO3S. The predicted molar refractivity (Wildman–Crippen MR) is 79.1 cm³/mol. The van der Waals surface area contributed by atoms with E-state index in [0.29, 0.717) is 12.5 Å². The molecule has 2 rings (SSSR count). The predicted octanol–water partition coefficient (Wildman–Crippen LogP) is 2.55. The molecule has 2 atom stereocenters.